The van der Waals surface area contributed by atoms with Gasteiger partial charge in [0.25, 0.3) is 0 Å². The first-order valence-electron chi connectivity index (χ1n) is 7.91. The average molecular weight is 306 g/mol. The van der Waals surface area contributed by atoms with Crippen LogP contribution in [0.25, 0.3) is 0 Å². The van der Waals surface area contributed by atoms with Gasteiger partial charge in [-0.2, -0.15) is 0 Å². The maximum Gasteiger partial charge on any atom is 0.317 e. The van der Waals surface area contributed by atoms with Crippen LogP contribution in [0.15, 0.2) is 30.3 Å². The van der Waals surface area contributed by atoms with Crippen LogP contribution in [0.4, 0.5) is 4.79 Å². The maximum atomic E-state index is 12.3. The number of likely N-dealkylation sites (tertiary alicyclic amines) is 1. The second-order valence-corrected chi connectivity index (χ2v) is 5.89. The number of nitrogens with one attached hydrogen (secondary N) is 1. The third-order valence-corrected chi connectivity index (χ3v) is 4.38. The summed E-state index contributed by atoms with van der Waals surface area (Å²) in [5, 5.41) is 13.8. The number of amides is 2. The van der Waals surface area contributed by atoms with E-state index in [1.54, 1.807) is 12.0 Å². The third kappa shape index (κ3) is 3.99. The van der Waals surface area contributed by atoms with Gasteiger partial charge >= 0.3 is 6.03 Å². The van der Waals surface area contributed by atoms with E-state index in [4.69, 9.17) is 4.74 Å². The summed E-state index contributed by atoms with van der Waals surface area (Å²) in [6, 6.07) is 9.66. The molecule has 1 aromatic rings. The molecule has 1 heterocycles. The number of rotatable bonds is 5. The highest BCUT2D eigenvalue weighted by Crippen LogP contribution is 2.32. The van der Waals surface area contributed by atoms with E-state index in [2.05, 4.69) is 5.32 Å². The summed E-state index contributed by atoms with van der Waals surface area (Å²) in [6.45, 7) is 3.65. The van der Waals surface area contributed by atoms with E-state index in [9.17, 15) is 9.90 Å². The normalized spacial score (nSPS) is 18.8. The lowest BCUT2D eigenvalue weighted by molar-refractivity contribution is -0.0172. The summed E-state index contributed by atoms with van der Waals surface area (Å²) in [5.74, 6) is 0. The van der Waals surface area contributed by atoms with Crippen LogP contribution in [0, 0.1) is 0 Å². The molecule has 1 saturated heterocycles. The second kappa shape index (κ2) is 7.61. The van der Waals surface area contributed by atoms with Crippen molar-refractivity contribution in [1.29, 1.82) is 0 Å². The Balaban J connectivity index is 1.90. The molecule has 2 amide bonds. The average Bonchev–Trinajstić information content (AvgIpc) is 2.55. The molecule has 1 aromatic carbocycles. The highest BCUT2D eigenvalue weighted by Gasteiger charge is 2.35. The molecular formula is C17H26N2O3. The predicted molar refractivity (Wildman–Crippen MR) is 85.6 cm³/mol. The molecule has 0 unspecified atom stereocenters. The minimum atomic E-state index is -0.825. The van der Waals surface area contributed by atoms with E-state index in [1.807, 2.05) is 37.3 Å². The number of benzene rings is 1. The van der Waals surface area contributed by atoms with Gasteiger partial charge in [-0.15, -0.1) is 0 Å². The van der Waals surface area contributed by atoms with Crippen molar-refractivity contribution in [3.63, 3.8) is 0 Å². The minimum Gasteiger partial charge on any atom is -0.385 e. The van der Waals surface area contributed by atoms with Crippen LogP contribution in [-0.2, 0) is 10.3 Å². The Morgan fingerprint density at radius 2 is 2.00 bits per heavy atom. The summed E-state index contributed by atoms with van der Waals surface area (Å²) in [5.41, 5.74) is 0.107. The predicted octanol–water partition coefficient (Wildman–Crippen LogP) is 2.10. The highest BCUT2D eigenvalue weighted by atomic mass is 16.5. The molecule has 0 saturated carbocycles. The summed E-state index contributed by atoms with van der Waals surface area (Å²) in [4.78, 5) is 14.0. The van der Waals surface area contributed by atoms with Gasteiger partial charge < -0.3 is 20.1 Å². The number of urea groups is 1. The monoisotopic (exact) mass is 306 g/mol. The van der Waals surface area contributed by atoms with Crippen LogP contribution in [-0.4, -0.2) is 48.9 Å². The molecule has 0 bridgehead atoms. The van der Waals surface area contributed by atoms with Crippen molar-refractivity contribution in [1.82, 2.24) is 10.2 Å². The van der Waals surface area contributed by atoms with Gasteiger partial charge in [0.1, 0.15) is 0 Å². The summed E-state index contributed by atoms with van der Waals surface area (Å²) in [6.07, 6.45) is 1.96. The fourth-order valence-electron chi connectivity index (χ4n) is 2.85. The molecule has 2 rings (SSSR count). The Morgan fingerprint density at radius 1 is 1.36 bits per heavy atom. The van der Waals surface area contributed by atoms with Gasteiger partial charge in [0, 0.05) is 20.2 Å². The quantitative estimate of drug-likeness (QED) is 0.876. The van der Waals surface area contributed by atoms with Gasteiger partial charge in [-0.25, -0.2) is 4.79 Å². The molecule has 5 heteroatoms. The Bertz CT molecular complexity index is 470. The molecule has 1 atom stereocenters. The Morgan fingerprint density at radius 3 is 2.55 bits per heavy atom. The molecule has 0 radical (unpaired) electrons. The third-order valence-electron chi connectivity index (χ3n) is 4.38. The number of aliphatic hydroxyl groups is 1. The van der Waals surface area contributed by atoms with Gasteiger partial charge in [0.2, 0.25) is 0 Å². The van der Waals surface area contributed by atoms with Crippen molar-refractivity contribution < 1.29 is 14.6 Å². The highest BCUT2D eigenvalue weighted by molar-refractivity contribution is 5.74. The first-order valence-corrected chi connectivity index (χ1v) is 7.91. The van der Waals surface area contributed by atoms with Crippen LogP contribution >= 0.6 is 0 Å². The van der Waals surface area contributed by atoms with Crippen LogP contribution in [0.1, 0.15) is 31.7 Å². The van der Waals surface area contributed by atoms with Crippen LogP contribution in [0.3, 0.4) is 0 Å². The molecule has 5 nitrogen and oxygen atoms in total. The van der Waals surface area contributed by atoms with Crippen molar-refractivity contribution in [2.75, 3.05) is 26.8 Å². The van der Waals surface area contributed by atoms with E-state index >= 15 is 0 Å². The molecule has 122 valence electrons. The van der Waals surface area contributed by atoms with Gasteiger partial charge in [-0.3, -0.25) is 0 Å². The van der Waals surface area contributed by atoms with Crippen molar-refractivity contribution in [2.45, 2.75) is 37.8 Å². The number of carbonyl (C=O) groups excluding carboxylic acids is 1. The molecule has 0 aliphatic carbocycles. The molecule has 0 aromatic heterocycles. The van der Waals surface area contributed by atoms with Crippen LogP contribution in [0.5, 0.6) is 0 Å². The van der Waals surface area contributed by atoms with E-state index in [0.717, 1.165) is 12.0 Å². The standard InChI is InChI=1S/C17H26N2O3/c1-3-15(13-22-2)18-16(20)19-11-9-17(21,10-12-19)14-7-5-4-6-8-14/h4-8,15,21H,3,9-13H2,1-2H3,(H,18,20)/t15-/m0/s1. The molecule has 1 aliphatic heterocycles. The smallest absolute Gasteiger partial charge is 0.317 e. The van der Waals surface area contributed by atoms with E-state index in [1.165, 1.54) is 0 Å². The molecular weight excluding hydrogens is 280 g/mol. The fraction of sp³-hybridized carbons (Fsp3) is 0.588. The van der Waals surface area contributed by atoms with Crippen molar-refractivity contribution in [3.05, 3.63) is 35.9 Å². The Hall–Kier alpha value is -1.59. The summed E-state index contributed by atoms with van der Waals surface area (Å²) >= 11 is 0. The number of carbonyl (C=O) groups is 1. The largest absolute Gasteiger partial charge is 0.385 e. The zero-order valence-electron chi connectivity index (χ0n) is 13.4. The maximum absolute atomic E-state index is 12.3. The number of nitrogens with zero attached hydrogens (tertiary/aromatic N) is 1. The SMILES string of the molecule is CC[C@@H](COC)NC(=O)N1CCC(O)(c2ccccc2)CC1. The zero-order valence-corrected chi connectivity index (χ0v) is 13.4. The summed E-state index contributed by atoms with van der Waals surface area (Å²) < 4.78 is 5.10. The van der Waals surface area contributed by atoms with Gasteiger partial charge in [0.05, 0.1) is 18.2 Å². The second-order valence-electron chi connectivity index (χ2n) is 5.89. The van der Waals surface area contributed by atoms with Gasteiger partial charge in [-0.05, 0) is 24.8 Å². The minimum absolute atomic E-state index is 0.0347. The fourth-order valence-corrected chi connectivity index (χ4v) is 2.85. The van der Waals surface area contributed by atoms with E-state index < -0.39 is 5.60 Å². The lowest BCUT2D eigenvalue weighted by Crippen LogP contribution is -2.51. The molecule has 2 N–H and O–H groups in total. The lowest BCUT2D eigenvalue weighted by Gasteiger charge is -2.39. The first-order chi connectivity index (χ1) is 10.6. The number of methoxy groups -OCH3 is 1. The van der Waals surface area contributed by atoms with Crippen LogP contribution in [0.2, 0.25) is 0 Å². The van der Waals surface area contributed by atoms with E-state index in [0.29, 0.717) is 32.5 Å². The molecule has 0 spiro atoms. The Kier molecular flexibility index (Phi) is 5.80. The lowest BCUT2D eigenvalue weighted by atomic mass is 9.84. The molecule has 1 aliphatic rings. The zero-order chi connectivity index (χ0) is 16.0. The van der Waals surface area contributed by atoms with Crippen molar-refractivity contribution in [3.8, 4) is 0 Å². The molecule has 1 fully saturated rings. The summed E-state index contributed by atoms with van der Waals surface area (Å²) in [7, 11) is 1.63. The van der Waals surface area contributed by atoms with Crippen LogP contribution < -0.4 is 5.32 Å². The van der Waals surface area contributed by atoms with E-state index in [-0.39, 0.29) is 12.1 Å². The number of ether oxygens (including phenoxy) is 1. The topological polar surface area (TPSA) is 61.8 Å². The van der Waals surface area contributed by atoms with Crippen molar-refractivity contribution >= 4 is 6.03 Å². The van der Waals surface area contributed by atoms with Gasteiger partial charge in [0.15, 0.2) is 0 Å². The Labute approximate surface area is 132 Å². The van der Waals surface area contributed by atoms with Gasteiger partial charge in [-0.1, -0.05) is 37.3 Å². The number of hydrogen-bond acceptors (Lipinski definition) is 3. The first kappa shape index (κ1) is 16.8. The number of piperidine rings is 1. The van der Waals surface area contributed by atoms with Crippen molar-refractivity contribution in [2.24, 2.45) is 0 Å². The number of hydrogen-bond donors (Lipinski definition) is 2. The molecule has 22 heavy (non-hydrogen) atoms.